The molecule has 0 spiro atoms. The van der Waals surface area contributed by atoms with Crippen LogP contribution in [-0.4, -0.2) is 13.7 Å². The van der Waals surface area contributed by atoms with Crippen LogP contribution in [0, 0.1) is 0 Å². The summed E-state index contributed by atoms with van der Waals surface area (Å²) in [7, 11) is 1.69. The van der Waals surface area contributed by atoms with E-state index in [1.54, 1.807) is 7.11 Å². The van der Waals surface area contributed by atoms with E-state index in [4.69, 9.17) is 9.47 Å². The van der Waals surface area contributed by atoms with E-state index in [1.807, 2.05) is 12.1 Å². The van der Waals surface area contributed by atoms with Crippen molar-refractivity contribution in [1.82, 2.24) is 0 Å². The van der Waals surface area contributed by atoms with Gasteiger partial charge in [0.2, 0.25) is 0 Å². The number of hydrogen-bond donors (Lipinski definition) is 0. The molecule has 1 fully saturated rings. The number of methoxy groups -OCH3 is 1. The molecule has 0 N–H and O–H groups in total. The molecule has 1 aliphatic rings. The first-order valence-corrected chi connectivity index (χ1v) is 5.59. The van der Waals surface area contributed by atoms with Crippen molar-refractivity contribution in [3.05, 3.63) is 29.8 Å². The summed E-state index contributed by atoms with van der Waals surface area (Å²) in [4.78, 5) is 0. The fourth-order valence-corrected chi connectivity index (χ4v) is 2.30. The molecule has 1 aliphatic heterocycles. The largest absolute Gasteiger partial charge is 0.497 e. The van der Waals surface area contributed by atoms with E-state index < -0.39 is 0 Å². The highest BCUT2D eigenvalue weighted by atomic mass is 16.5. The molecule has 0 amide bonds. The summed E-state index contributed by atoms with van der Waals surface area (Å²) in [6, 6.07) is 8.25. The fourth-order valence-electron chi connectivity index (χ4n) is 2.30. The molecule has 2 nitrogen and oxygen atoms in total. The van der Waals surface area contributed by atoms with Gasteiger partial charge < -0.3 is 9.47 Å². The Kier molecular flexibility index (Phi) is 2.96. The highest BCUT2D eigenvalue weighted by Gasteiger charge is 2.34. The first kappa shape index (κ1) is 10.5. The lowest BCUT2D eigenvalue weighted by molar-refractivity contribution is -0.00316. The van der Waals surface area contributed by atoms with Gasteiger partial charge in [-0.1, -0.05) is 19.1 Å². The van der Waals surface area contributed by atoms with Gasteiger partial charge in [-0.15, -0.1) is 0 Å². The summed E-state index contributed by atoms with van der Waals surface area (Å²) in [5, 5.41) is 0. The molecule has 0 aliphatic carbocycles. The molecule has 1 unspecified atom stereocenters. The zero-order valence-electron chi connectivity index (χ0n) is 9.45. The van der Waals surface area contributed by atoms with Crippen molar-refractivity contribution >= 4 is 0 Å². The zero-order chi connectivity index (χ0) is 10.7. The number of ether oxygens (including phenoxy) is 2. The van der Waals surface area contributed by atoms with Crippen LogP contribution in [0.5, 0.6) is 5.75 Å². The predicted molar refractivity (Wildman–Crippen MR) is 60.1 cm³/mol. The van der Waals surface area contributed by atoms with Crippen LogP contribution < -0.4 is 4.74 Å². The van der Waals surface area contributed by atoms with Gasteiger partial charge in [-0.05, 0) is 37.0 Å². The minimum absolute atomic E-state index is 0.0354. The lowest BCUT2D eigenvalue weighted by Crippen LogP contribution is -2.23. The monoisotopic (exact) mass is 206 g/mol. The van der Waals surface area contributed by atoms with Gasteiger partial charge in [0, 0.05) is 6.61 Å². The van der Waals surface area contributed by atoms with Crippen LogP contribution in [0.1, 0.15) is 31.7 Å². The topological polar surface area (TPSA) is 18.5 Å². The number of rotatable bonds is 3. The molecule has 1 aromatic carbocycles. The zero-order valence-corrected chi connectivity index (χ0v) is 9.45. The lowest BCUT2D eigenvalue weighted by Gasteiger charge is -2.27. The van der Waals surface area contributed by atoms with Gasteiger partial charge in [-0.3, -0.25) is 0 Å². The Morgan fingerprint density at radius 2 is 2.07 bits per heavy atom. The maximum atomic E-state index is 5.91. The second-order valence-corrected chi connectivity index (χ2v) is 4.03. The first-order chi connectivity index (χ1) is 7.30. The van der Waals surface area contributed by atoms with E-state index in [1.165, 1.54) is 12.0 Å². The first-order valence-electron chi connectivity index (χ1n) is 5.59. The Morgan fingerprint density at radius 1 is 1.33 bits per heavy atom. The third-order valence-electron chi connectivity index (χ3n) is 3.29. The van der Waals surface area contributed by atoms with Crippen LogP contribution in [0.3, 0.4) is 0 Å². The Balaban J connectivity index is 2.26. The van der Waals surface area contributed by atoms with E-state index in [9.17, 15) is 0 Å². The molecule has 15 heavy (non-hydrogen) atoms. The summed E-state index contributed by atoms with van der Waals surface area (Å²) >= 11 is 0. The van der Waals surface area contributed by atoms with Crippen LogP contribution in [0.25, 0.3) is 0 Å². The van der Waals surface area contributed by atoms with Crippen molar-refractivity contribution in [3.63, 3.8) is 0 Å². The molecule has 82 valence electrons. The third kappa shape index (κ3) is 1.86. The number of hydrogen-bond acceptors (Lipinski definition) is 2. The van der Waals surface area contributed by atoms with E-state index in [2.05, 4.69) is 19.1 Å². The van der Waals surface area contributed by atoms with Crippen LogP contribution in [-0.2, 0) is 10.3 Å². The minimum Gasteiger partial charge on any atom is -0.497 e. The van der Waals surface area contributed by atoms with Gasteiger partial charge in [-0.25, -0.2) is 0 Å². The van der Waals surface area contributed by atoms with Gasteiger partial charge in [0.1, 0.15) is 5.75 Å². The van der Waals surface area contributed by atoms with Crippen molar-refractivity contribution in [2.45, 2.75) is 31.8 Å². The summed E-state index contributed by atoms with van der Waals surface area (Å²) < 4.78 is 11.1. The normalized spacial score (nSPS) is 25.5. The molecule has 1 saturated heterocycles. The van der Waals surface area contributed by atoms with Crippen molar-refractivity contribution in [2.75, 3.05) is 13.7 Å². The maximum Gasteiger partial charge on any atom is 0.118 e. The Morgan fingerprint density at radius 3 is 2.53 bits per heavy atom. The Labute approximate surface area is 91.2 Å². The van der Waals surface area contributed by atoms with E-state index in [0.29, 0.717) is 0 Å². The Hall–Kier alpha value is -1.02. The average molecular weight is 206 g/mol. The predicted octanol–water partition coefficient (Wildman–Crippen LogP) is 3.11. The van der Waals surface area contributed by atoms with E-state index >= 15 is 0 Å². The van der Waals surface area contributed by atoms with Gasteiger partial charge in [-0.2, -0.15) is 0 Å². The summed E-state index contributed by atoms with van der Waals surface area (Å²) in [6.07, 6.45) is 3.34. The Bertz CT molecular complexity index is 310. The summed E-state index contributed by atoms with van der Waals surface area (Å²) in [5.74, 6) is 0.906. The molecule has 0 bridgehead atoms. The molecule has 2 heteroatoms. The maximum absolute atomic E-state index is 5.91. The molecular weight excluding hydrogens is 188 g/mol. The van der Waals surface area contributed by atoms with Crippen LogP contribution in [0.4, 0.5) is 0 Å². The smallest absolute Gasteiger partial charge is 0.118 e. The second-order valence-electron chi connectivity index (χ2n) is 4.03. The molecule has 2 rings (SSSR count). The molecule has 0 aromatic heterocycles. The van der Waals surface area contributed by atoms with Crippen LogP contribution >= 0.6 is 0 Å². The van der Waals surface area contributed by atoms with Crippen LogP contribution in [0.2, 0.25) is 0 Å². The highest BCUT2D eigenvalue weighted by molar-refractivity contribution is 5.31. The second kappa shape index (κ2) is 4.23. The van der Waals surface area contributed by atoms with Gasteiger partial charge >= 0.3 is 0 Å². The number of benzene rings is 1. The molecular formula is C13H18O2. The molecule has 0 radical (unpaired) electrons. The van der Waals surface area contributed by atoms with Gasteiger partial charge in [0.05, 0.1) is 12.7 Å². The minimum atomic E-state index is -0.0354. The summed E-state index contributed by atoms with van der Waals surface area (Å²) in [6.45, 7) is 3.08. The van der Waals surface area contributed by atoms with Gasteiger partial charge in [0.25, 0.3) is 0 Å². The third-order valence-corrected chi connectivity index (χ3v) is 3.29. The highest BCUT2D eigenvalue weighted by Crippen LogP contribution is 2.39. The average Bonchev–Trinajstić information content (AvgIpc) is 2.79. The van der Waals surface area contributed by atoms with Gasteiger partial charge in [0.15, 0.2) is 0 Å². The van der Waals surface area contributed by atoms with Crippen molar-refractivity contribution < 1.29 is 9.47 Å². The lowest BCUT2D eigenvalue weighted by atomic mass is 9.88. The SMILES string of the molecule is CCC1(c2ccc(OC)cc2)CCCO1. The fraction of sp³-hybridized carbons (Fsp3) is 0.538. The van der Waals surface area contributed by atoms with Crippen molar-refractivity contribution in [1.29, 1.82) is 0 Å². The molecule has 1 aromatic rings. The van der Waals surface area contributed by atoms with E-state index in [0.717, 1.165) is 25.2 Å². The molecule has 0 saturated carbocycles. The summed E-state index contributed by atoms with van der Waals surface area (Å²) in [5.41, 5.74) is 1.25. The van der Waals surface area contributed by atoms with Crippen LogP contribution in [0.15, 0.2) is 24.3 Å². The molecule has 1 atom stereocenters. The van der Waals surface area contributed by atoms with E-state index in [-0.39, 0.29) is 5.60 Å². The standard InChI is InChI=1S/C13H18O2/c1-3-13(9-4-10-15-13)11-5-7-12(14-2)8-6-11/h5-8H,3-4,9-10H2,1-2H3. The van der Waals surface area contributed by atoms with Crippen molar-refractivity contribution in [3.8, 4) is 5.75 Å². The molecule has 1 heterocycles. The van der Waals surface area contributed by atoms with Crippen molar-refractivity contribution in [2.24, 2.45) is 0 Å². The quantitative estimate of drug-likeness (QED) is 0.756.